The maximum Gasteiger partial charge on any atom is 0.114 e. The minimum Gasteiger partial charge on any atom is -0.345 e. The number of imidazole rings is 1. The Morgan fingerprint density at radius 1 is 1.32 bits per heavy atom. The summed E-state index contributed by atoms with van der Waals surface area (Å²) in [4.78, 5) is 12.4. The summed E-state index contributed by atoms with van der Waals surface area (Å²) in [6.45, 7) is 3.09. The van der Waals surface area contributed by atoms with Crippen LogP contribution in [0.2, 0.25) is 0 Å². The van der Waals surface area contributed by atoms with Crippen molar-refractivity contribution in [3.63, 3.8) is 0 Å². The Labute approximate surface area is 113 Å². The molecule has 2 heterocycles. The van der Waals surface area contributed by atoms with Crippen molar-refractivity contribution in [1.82, 2.24) is 20.3 Å². The van der Waals surface area contributed by atoms with E-state index >= 15 is 0 Å². The van der Waals surface area contributed by atoms with E-state index in [-0.39, 0.29) is 5.41 Å². The van der Waals surface area contributed by atoms with Crippen LogP contribution in [0, 0.1) is 6.92 Å². The molecule has 1 aliphatic carbocycles. The van der Waals surface area contributed by atoms with E-state index in [0.717, 1.165) is 29.3 Å². The summed E-state index contributed by atoms with van der Waals surface area (Å²) < 4.78 is 0. The first-order chi connectivity index (χ1) is 9.25. The van der Waals surface area contributed by atoms with Gasteiger partial charge in [0.05, 0.1) is 5.69 Å². The van der Waals surface area contributed by atoms with Gasteiger partial charge in [0.15, 0.2) is 0 Å². The number of H-pyrrole nitrogens is 1. The largest absolute Gasteiger partial charge is 0.345 e. The second kappa shape index (κ2) is 4.78. The SMILES string of the molecule is CNCC1(c2nc(-c3ccncc3)c(C)[nH]2)CCC1. The predicted octanol–water partition coefficient (Wildman–Crippen LogP) is 2.42. The molecule has 0 bridgehead atoms. The van der Waals surface area contributed by atoms with Gasteiger partial charge in [-0.1, -0.05) is 6.42 Å². The number of hydrogen-bond acceptors (Lipinski definition) is 3. The van der Waals surface area contributed by atoms with Crippen LogP contribution < -0.4 is 5.32 Å². The van der Waals surface area contributed by atoms with Crippen molar-refractivity contribution in [3.8, 4) is 11.3 Å². The Morgan fingerprint density at radius 3 is 2.63 bits per heavy atom. The van der Waals surface area contributed by atoms with Crippen LogP contribution in [0.25, 0.3) is 11.3 Å². The molecule has 0 aromatic carbocycles. The lowest BCUT2D eigenvalue weighted by molar-refractivity contribution is 0.226. The van der Waals surface area contributed by atoms with E-state index in [4.69, 9.17) is 4.98 Å². The molecular weight excluding hydrogens is 236 g/mol. The van der Waals surface area contributed by atoms with Crippen molar-refractivity contribution in [1.29, 1.82) is 0 Å². The number of rotatable bonds is 4. The van der Waals surface area contributed by atoms with Gasteiger partial charge in [0.2, 0.25) is 0 Å². The molecule has 1 aliphatic rings. The third-order valence-electron chi connectivity index (χ3n) is 4.17. The van der Waals surface area contributed by atoms with Gasteiger partial charge in [0.1, 0.15) is 5.82 Å². The molecular formula is C15H20N4. The van der Waals surface area contributed by atoms with Gasteiger partial charge in [-0.15, -0.1) is 0 Å². The molecule has 0 radical (unpaired) electrons. The molecule has 0 spiro atoms. The second-order valence-corrected chi connectivity index (χ2v) is 5.46. The smallest absolute Gasteiger partial charge is 0.114 e. The monoisotopic (exact) mass is 256 g/mol. The number of nitrogens with one attached hydrogen (secondary N) is 2. The van der Waals surface area contributed by atoms with E-state index in [1.807, 2.05) is 31.6 Å². The lowest BCUT2D eigenvalue weighted by Gasteiger charge is -2.40. The van der Waals surface area contributed by atoms with Gasteiger partial charge in [0.25, 0.3) is 0 Å². The average Bonchev–Trinajstić information content (AvgIpc) is 2.77. The van der Waals surface area contributed by atoms with Crippen LogP contribution in [0.3, 0.4) is 0 Å². The number of nitrogens with zero attached hydrogens (tertiary/aromatic N) is 2. The van der Waals surface area contributed by atoms with Crippen molar-refractivity contribution >= 4 is 0 Å². The summed E-state index contributed by atoms with van der Waals surface area (Å²) in [7, 11) is 2.01. The molecule has 0 unspecified atom stereocenters. The minimum absolute atomic E-state index is 0.213. The van der Waals surface area contributed by atoms with Crippen molar-refractivity contribution in [2.75, 3.05) is 13.6 Å². The van der Waals surface area contributed by atoms with Crippen molar-refractivity contribution in [2.45, 2.75) is 31.6 Å². The quantitative estimate of drug-likeness (QED) is 0.883. The predicted molar refractivity (Wildman–Crippen MR) is 76.0 cm³/mol. The maximum absolute atomic E-state index is 4.87. The molecule has 2 aromatic rings. The number of aryl methyl sites for hydroxylation is 1. The molecule has 100 valence electrons. The van der Waals surface area contributed by atoms with E-state index in [2.05, 4.69) is 22.2 Å². The summed E-state index contributed by atoms with van der Waals surface area (Å²) in [5, 5.41) is 3.31. The zero-order valence-corrected chi connectivity index (χ0v) is 11.5. The fourth-order valence-electron chi connectivity index (χ4n) is 2.94. The van der Waals surface area contributed by atoms with E-state index in [1.165, 1.54) is 19.3 Å². The van der Waals surface area contributed by atoms with Gasteiger partial charge in [-0.3, -0.25) is 4.98 Å². The van der Waals surface area contributed by atoms with E-state index < -0.39 is 0 Å². The standard InChI is InChI=1S/C15H20N4/c1-11-13(12-4-8-17-9-5-12)19-14(18-11)15(10-16-2)6-3-7-15/h4-5,8-9,16H,3,6-7,10H2,1-2H3,(H,18,19). The molecule has 2 N–H and O–H groups in total. The summed E-state index contributed by atoms with van der Waals surface area (Å²) >= 11 is 0. The summed E-state index contributed by atoms with van der Waals surface area (Å²) in [5.41, 5.74) is 3.54. The Hall–Kier alpha value is -1.68. The van der Waals surface area contributed by atoms with Crippen LogP contribution in [0.5, 0.6) is 0 Å². The van der Waals surface area contributed by atoms with Gasteiger partial charge in [-0.05, 0) is 38.9 Å². The first-order valence-electron chi connectivity index (χ1n) is 6.87. The van der Waals surface area contributed by atoms with Crippen molar-refractivity contribution < 1.29 is 0 Å². The summed E-state index contributed by atoms with van der Waals surface area (Å²) in [6, 6.07) is 4.02. The normalized spacial score (nSPS) is 17.2. The molecule has 3 rings (SSSR count). The summed E-state index contributed by atoms with van der Waals surface area (Å²) in [5.74, 6) is 1.14. The van der Waals surface area contributed by atoms with Crippen molar-refractivity contribution in [3.05, 3.63) is 36.0 Å². The number of hydrogen-bond donors (Lipinski definition) is 2. The molecule has 0 amide bonds. The van der Waals surface area contributed by atoms with Crippen LogP contribution in [0.1, 0.15) is 30.8 Å². The van der Waals surface area contributed by atoms with E-state index in [0.29, 0.717) is 0 Å². The average molecular weight is 256 g/mol. The number of pyridine rings is 1. The van der Waals surface area contributed by atoms with Crippen LogP contribution in [-0.2, 0) is 5.41 Å². The highest BCUT2D eigenvalue weighted by atomic mass is 15.0. The van der Waals surface area contributed by atoms with Gasteiger partial charge in [-0.25, -0.2) is 4.98 Å². The lowest BCUT2D eigenvalue weighted by atomic mass is 9.68. The van der Waals surface area contributed by atoms with Gasteiger partial charge >= 0.3 is 0 Å². The van der Waals surface area contributed by atoms with Crippen LogP contribution in [0.4, 0.5) is 0 Å². The maximum atomic E-state index is 4.87. The molecule has 0 aliphatic heterocycles. The van der Waals surface area contributed by atoms with Crippen LogP contribution in [0.15, 0.2) is 24.5 Å². The Balaban J connectivity index is 1.98. The zero-order valence-electron chi connectivity index (χ0n) is 11.5. The highest BCUT2D eigenvalue weighted by Gasteiger charge is 2.41. The fourth-order valence-corrected chi connectivity index (χ4v) is 2.94. The Kier molecular flexibility index (Phi) is 3.11. The van der Waals surface area contributed by atoms with Gasteiger partial charge in [-0.2, -0.15) is 0 Å². The third-order valence-corrected chi connectivity index (χ3v) is 4.17. The third kappa shape index (κ3) is 2.06. The second-order valence-electron chi connectivity index (χ2n) is 5.46. The molecule has 0 saturated heterocycles. The molecule has 19 heavy (non-hydrogen) atoms. The van der Waals surface area contributed by atoms with Crippen molar-refractivity contribution in [2.24, 2.45) is 0 Å². The minimum atomic E-state index is 0.213. The highest BCUT2D eigenvalue weighted by molar-refractivity contribution is 5.61. The topological polar surface area (TPSA) is 53.6 Å². The van der Waals surface area contributed by atoms with Crippen LogP contribution >= 0.6 is 0 Å². The molecule has 2 aromatic heterocycles. The molecule has 1 saturated carbocycles. The fraction of sp³-hybridized carbons (Fsp3) is 0.467. The van der Waals surface area contributed by atoms with Gasteiger partial charge in [0, 0.05) is 35.6 Å². The van der Waals surface area contributed by atoms with E-state index in [1.54, 1.807) is 0 Å². The zero-order chi connectivity index (χ0) is 13.3. The summed E-state index contributed by atoms with van der Waals surface area (Å²) in [6.07, 6.45) is 7.37. The molecule has 4 heteroatoms. The van der Waals surface area contributed by atoms with Crippen LogP contribution in [-0.4, -0.2) is 28.5 Å². The number of aromatic nitrogens is 3. The lowest BCUT2D eigenvalue weighted by Crippen LogP contribution is -2.43. The first kappa shape index (κ1) is 12.4. The highest BCUT2D eigenvalue weighted by Crippen LogP contribution is 2.42. The first-order valence-corrected chi connectivity index (χ1v) is 6.87. The van der Waals surface area contributed by atoms with Gasteiger partial charge < -0.3 is 10.3 Å². The molecule has 4 nitrogen and oxygen atoms in total. The Morgan fingerprint density at radius 2 is 2.05 bits per heavy atom. The Bertz CT molecular complexity index is 555. The number of aromatic amines is 1. The van der Waals surface area contributed by atoms with E-state index in [9.17, 15) is 0 Å². The molecule has 0 atom stereocenters. The number of likely N-dealkylation sites (N-methyl/N-ethyl adjacent to an activating group) is 1. The molecule has 1 fully saturated rings.